The summed E-state index contributed by atoms with van der Waals surface area (Å²) in [6.45, 7) is 13.6. The molecule has 0 aliphatic rings. The molecule has 0 heterocycles. The molecule has 0 amide bonds. The van der Waals surface area contributed by atoms with Gasteiger partial charge in [0.2, 0.25) is 0 Å². The van der Waals surface area contributed by atoms with Gasteiger partial charge in [0.25, 0.3) is 0 Å². The first kappa shape index (κ1) is 16.5. The van der Waals surface area contributed by atoms with Crippen LogP contribution in [-0.4, -0.2) is 0 Å². The molecule has 1 heteroatoms. The van der Waals surface area contributed by atoms with E-state index in [4.69, 9.17) is 0 Å². The monoisotopic (exact) mass is 368 g/mol. The number of fused-ring (bicyclic) bond motifs is 2. The zero-order chi connectivity index (χ0) is 17.0. The van der Waals surface area contributed by atoms with E-state index in [-0.39, 0.29) is 10.8 Å². The predicted octanol–water partition coefficient (Wildman–Crippen LogP) is 7.35. The molecule has 0 radical (unpaired) electrons. The Bertz CT molecular complexity index is 890. The Morgan fingerprint density at radius 2 is 1.22 bits per heavy atom. The van der Waals surface area contributed by atoms with Gasteiger partial charge in [0.1, 0.15) is 0 Å². The first-order chi connectivity index (χ1) is 10.6. The van der Waals surface area contributed by atoms with E-state index in [1.807, 2.05) is 0 Å². The van der Waals surface area contributed by atoms with Gasteiger partial charge in [-0.3, -0.25) is 0 Å². The lowest BCUT2D eigenvalue weighted by Gasteiger charge is -2.21. The van der Waals surface area contributed by atoms with Crippen LogP contribution in [0.5, 0.6) is 0 Å². The minimum Gasteiger partial charge on any atom is -0.0579 e. The van der Waals surface area contributed by atoms with Crippen molar-refractivity contribution < 1.29 is 0 Å². The van der Waals surface area contributed by atoms with Crippen LogP contribution in [0.2, 0.25) is 0 Å². The highest BCUT2D eigenvalue weighted by Crippen LogP contribution is 2.35. The highest BCUT2D eigenvalue weighted by molar-refractivity contribution is 9.10. The molecule has 120 valence electrons. The molecule has 0 saturated heterocycles. The van der Waals surface area contributed by atoms with Crippen molar-refractivity contribution in [2.75, 3.05) is 0 Å². The summed E-state index contributed by atoms with van der Waals surface area (Å²) in [6, 6.07) is 16.1. The van der Waals surface area contributed by atoms with Crippen LogP contribution in [0.25, 0.3) is 21.5 Å². The first-order valence-electron chi connectivity index (χ1n) is 8.24. The van der Waals surface area contributed by atoms with E-state index < -0.39 is 0 Å². The highest BCUT2D eigenvalue weighted by atomic mass is 79.9. The highest BCUT2D eigenvalue weighted by Gasteiger charge is 2.17. The van der Waals surface area contributed by atoms with Crippen molar-refractivity contribution in [3.63, 3.8) is 0 Å². The van der Waals surface area contributed by atoms with E-state index in [1.54, 1.807) is 0 Å². The van der Waals surface area contributed by atoms with Crippen molar-refractivity contribution in [3.8, 4) is 0 Å². The van der Waals surface area contributed by atoms with Crippen LogP contribution in [0.4, 0.5) is 0 Å². The van der Waals surface area contributed by atoms with Gasteiger partial charge in [0.15, 0.2) is 0 Å². The maximum atomic E-state index is 3.78. The van der Waals surface area contributed by atoms with E-state index >= 15 is 0 Å². The fourth-order valence-corrected chi connectivity index (χ4v) is 3.55. The van der Waals surface area contributed by atoms with Gasteiger partial charge < -0.3 is 0 Å². The molecule has 0 aromatic heterocycles. The number of hydrogen-bond acceptors (Lipinski definition) is 0. The van der Waals surface area contributed by atoms with Crippen molar-refractivity contribution in [1.29, 1.82) is 0 Å². The maximum absolute atomic E-state index is 3.78. The predicted molar refractivity (Wildman–Crippen MR) is 107 cm³/mol. The third-order valence-corrected chi connectivity index (χ3v) is 5.25. The molecule has 0 fully saturated rings. The lowest BCUT2D eigenvalue weighted by molar-refractivity contribution is 0.590. The topological polar surface area (TPSA) is 0 Å². The number of halogens is 1. The molecule has 0 unspecified atom stereocenters. The van der Waals surface area contributed by atoms with Gasteiger partial charge in [-0.05, 0) is 61.7 Å². The molecule has 0 aliphatic heterocycles. The molecule has 23 heavy (non-hydrogen) atoms. The van der Waals surface area contributed by atoms with Crippen LogP contribution in [0.15, 0.2) is 46.9 Å². The number of benzene rings is 3. The number of hydrogen-bond donors (Lipinski definition) is 0. The zero-order valence-electron chi connectivity index (χ0n) is 14.9. The third kappa shape index (κ3) is 3.17. The molecule has 0 spiro atoms. The SMILES string of the molecule is CC(C)(C)c1ccc2cc3cc(C(C)(C)C)cc(Br)c3cc2c1. The van der Waals surface area contributed by atoms with Crippen LogP contribution in [-0.2, 0) is 10.8 Å². The lowest BCUT2D eigenvalue weighted by Crippen LogP contribution is -2.11. The Balaban J connectivity index is 2.29. The third-order valence-electron chi connectivity index (χ3n) is 4.59. The second kappa shape index (κ2) is 5.34. The quantitative estimate of drug-likeness (QED) is 0.363. The Morgan fingerprint density at radius 3 is 1.83 bits per heavy atom. The summed E-state index contributed by atoms with van der Waals surface area (Å²) in [5, 5.41) is 5.22. The van der Waals surface area contributed by atoms with Crippen LogP contribution in [0, 0.1) is 0 Å². The van der Waals surface area contributed by atoms with Crippen molar-refractivity contribution in [1.82, 2.24) is 0 Å². The molecule has 0 aliphatic carbocycles. The van der Waals surface area contributed by atoms with Crippen LogP contribution in [0.3, 0.4) is 0 Å². The second-order valence-corrected chi connectivity index (χ2v) is 9.45. The van der Waals surface area contributed by atoms with Gasteiger partial charge in [-0.2, -0.15) is 0 Å². The van der Waals surface area contributed by atoms with E-state index in [2.05, 4.69) is 99.9 Å². The molecule has 0 nitrogen and oxygen atoms in total. The standard InChI is InChI=1S/C22H25Br/c1-21(2,3)17-8-7-14-9-16-11-18(22(4,5)6)13-20(23)19(16)12-15(14)10-17/h7-13H,1-6H3. The second-order valence-electron chi connectivity index (χ2n) is 8.59. The van der Waals surface area contributed by atoms with Gasteiger partial charge in [-0.25, -0.2) is 0 Å². The summed E-state index contributed by atoms with van der Waals surface area (Å²) in [5.74, 6) is 0. The molecule has 0 N–H and O–H groups in total. The smallest absolute Gasteiger partial charge is 0.0256 e. The summed E-state index contributed by atoms with van der Waals surface area (Å²) in [7, 11) is 0. The molecular formula is C22H25Br. The molecule has 3 aromatic carbocycles. The maximum Gasteiger partial charge on any atom is 0.0256 e. The summed E-state index contributed by atoms with van der Waals surface area (Å²) in [4.78, 5) is 0. The van der Waals surface area contributed by atoms with Crippen molar-refractivity contribution in [2.24, 2.45) is 0 Å². The summed E-state index contributed by atoms with van der Waals surface area (Å²) in [5.41, 5.74) is 3.08. The van der Waals surface area contributed by atoms with Gasteiger partial charge in [-0.1, -0.05) is 81.7 Å². The zero-order valence-corrected chi connectivity index (χ0v) is 16.5. The lowest BCUT2D eigenvalue weighted by atomic mass is 9.84. The Labute approximate surface area is 148 Å². The largest absolute Gasteiger partial charge is 0.0579 e. The summed E-state index contributed by atoms with van der Waals surface area (Å²) in [6.07, 6.45) is 0. The van der Waals surface area contributed by atoms with E-state index in [0.717, 1.165) is 0 Å². The van der Waals surface area contributed by atoms with Gasteiger partial charge in [-0.15, -0.1) is 0 Å². The average molecular weight is 369 g/mol. The first-order valence-corrected chi connectivity index (χ1v) is 9.03. The minimum absolute atomic E-state index is 0.155. The van der Waals surface area contributed by atoms with Crippen LogP contribution < -0.4 is 0 Å². The molecule has 3 aromatic rings. The van der Waals surface area contributed by atoms with Crippen molar-refractivity contribution in [2.45, 2.75) is 52.4 Å². The van der Waals surface area contributed by atoms with Crippen molar-refractivity contribution >= 4 is 37.5 Å². The molecular weight excluding hydrogens is 344 g/mol. The van der Waals surface area contributed by atoms with Crippen LogP contribution in [0.1, 0.15) is 52.7 Å². The average Bonchev–Trinajstić information content (AvgIpc) is 2.43. The summed E-state index contributed by atoms with van der Waals surface area (Å²) >= 11 is 3.78. The Kier molecular flexibility index (Phi) is 3.84. The molecule has 0 saturated carbocycles. The van der Waals surface area contributed by atoms with Gasteiger partial charge in [0, 0.05) is 4.47 Å². The molecule has 3 rings (SSSR count). The van der Waals surface area contributed by atoms with Crippen LogP contribution >= 0.6 is 15.9 Å². The Hall–Kier alpha value is -1.34. The summed E-state index contributed by atoms with van der Waals surface area (Å²) < 4.78 is 1.18. The molecule has 0 bridgehead atoms. The fourth-order valence-electron chi connectivity index (χ4n) is 2.96. The minimum atomic E-state index is 0.155. The Morgan fingerprint density at radius 1 is 0.609 bits per heavy atom. The van der Waals surface area contributed by atoms with E-state index in [9.17, 15) is 0 Å². The normalized spacial score (nSPS) is 13.0. The number of rotatable bonds is 0. The van der Waals surface area contributed by atoms with Crippen molar-refractivity contribution in [3.05, 3.63) is 58.1 Å². The van der Waals surface area contributed by atoms with Gasteiger partial charge in [0.05, 0.1) is 0 Å². The fraction of sp³-hybridized carbons (Fsp3) is 0.364. The van der Waals surface area contributed by atoms with Gasteiger partial charge >= 0.3 is 0 Å². The molecule has 0 atom stereocenters. The van der Waals surface area contributed by atoms with E-state index in [0.29, 0.717) is 0 Å². The van der Waals surface area contributed by atoms with E-state index in [1.165, 1.54) is 37.1 Å².